The Kier molecular flexibility index (Phi) is 6.65. The quantitative estimate of drug-likeness (QED) is 0.673. The van der Waals surface area contributed by atoms with Gasteiger partial charge in [-0.2, -0.15) is 4.31 Å². The minimum atomic E-state index is -3.59. The monoisotopic (exact) mass is 408 g/mol. The summed E-state index contributed by atoms with van der Waals surface area (Å²) < 4.78 is 32.7. The predicted molar refractivity (Wildman–Crippen MR) is 110 cm³/mol. The number of benzene rings is 1. The molecule has 2 aliphatic rings. The lowest BCUT2D eigenvalue weighted by molar-refractivity contribution is -0.117. The fraction of sp³-hybridized carbons (Fsp3) is 0.667. The first-order valence-corrected chi connectivity index (χ1v) is 11.9. The predicted octanol–water partition coefficient (Wildman–Crippen LogP) is 3.88. The van der Waals surface area contributed by atoms with Gasteiger partial charge in [0.1, 0.15) is 5.75 Å². The van der Waals surface area contributed by atoms with E-state index in [9.17, 15) is 13.2 Å². The van der Waals surface area contributed by atoms with Crippen LogP contribution in [0.5, 0.6) is 5.75 Å². The molecule has 2 fully saturated rings. The van der Waals surface area contributed by atoms with Crippen molar-refractivity contribution in [1.82, 2.24) is 4.31 Å². The molecule has 0 spiro atoms. The zero-order valence-corrected chi connectivity index (χ0v) is 17.9. The number of ether oxygens (including phenoxy) is 1. The minimum Gasteiger partial charge on any atom is -0.492 e. The largest absolute Gasteiger partial charge is 0.492 e. The van der Waals surface area contributed by atoms with Crippen molar-refractivity contribution in [2.75, 3.05) is 25.0 Å². The lowest BCUT2D eigenvalue weighted by Crippen LogP contribution is -2.30. The molecule has 0 radical (unpaired) electrons. The molecule has 2 saturated carbocycles. The third-order valence-corrected chi connectivity index (χ3v) is 8.25. The van der Waals surface area contributed by atoms with Crippen LogP contribution in [0.25, 0.3) is 0 Å². The van der Waals surface area contributed by atoms with E-state index >= 15 is 0 Å². The van der Waals surface area contributed by atoms with Crippen LogP contribution >= 0.6 is 0 Å². The number of carbonyl (C=O) groups is 1. The van der Waals surface area contributed by atoms with Crippen LogP contribution in [0.3, 0.4) is 0 Å². The van der Waals surface area contributed by atoms with Crippen LogP contribution in [0.2, 0.25) is 0 Å². The Labute approximate surface area is 168 Å². The lowest BCUT2D eigenvalue weighted by atomic mass is 9.86. The molecule has 2 bridgehead atoms. The van der Waals surface area contributed by atoms with Gasteiger partial charge in [0.2, 0.25) is 15.9 Å². The van der Waals surface area contributed by atoms with Gasteiger partial charge in [-0.1, -0.05) is 20.3 Å². The second-order valence-corrected chi connectivity index (χ2v) is 9.81. The molecule has 156 valence electrons. The van der Waals surface area contributed by atoms with Crippen LogP contribution in [0.15, 0.2) is 23.1 Å². The summed E-state index contributed by atoms with van der Waals surface area (Å²) in [6.45, 7) is 6.73. The highest BCUT2D eigenvalue weighted by Gasteiger charge is 2.40. The van der Waals surface area contributed by atoms with Crippen molar-refractivity contribution in [3.05, 3.63) is 18.2 Å². The number of rotatable bonds is 9. The van der Waals surface area contributed by atoms with Gasteiger partial charge in [-0.15, -0.1) is 0 Å². The van der Waals surface area contributed by atoms with Gasteiger partial charge in [-0.3, -0.25) is 4.79 Å². The zero-order valence-electron chi connectivity index (χ0n) is 17.1. The Hall–Kier alpha value is -1.60. The van der Waals surface area contributed by atoms with E-state index in [1.54, 1.807) is 12.1 Å². The van der Waals surface area contributed by atoms with Crippen molar-refractivity contribution in [1.29, 1.82) is 0 Å². The minimum absolute atomic E-state index is 0.0594. The van der Waals surface area contributed by atoms with E-state index in [-0.39, 0.29) is 10.8 Å². The number of nitrogens with zero attached hydrogens (tertiary/aromatic N) is 1. The molecule has 3 rings (SSSR count). The first kappa shape index (κ1) is 21.1. The van der Waals surface area contributed by atoms with Gasteiger partial charge >= 0.3 is 0 Å². The fourth-order valence-corrected chi connectivity index (χ4v) is 6.31. The maximum atomic E-state index is 12.8. The summed E-state index contributed by atoms with van der Waals surface area (Å²) in [5.74, 6) is 2.37. The number of amides is 1. The highest BCUT2D eigenvalue weighted by molar-refractivity contribution is 7.89. The summed E-state index contributed by atoms with van der Waals surface area (Å²) in [6, 6.07) is 4.70. The Morgan fingerprint density at radius 3 is 2.50 bits per heavy atom. The number of anilines is 1. The van der Waals surface area contributed by atoms with E-state index in [0.717, 1.165) is 12.3 Å². The first-order chi connectivity index (χ1) is 13.4. The molecule has 0 aliphatic heterocycles. The molecule has 0 saturated heterocycles. The van der Waals surface area contributed by atoms with Crippen molar-refractivity contribution in [3.63, 3.8) is 0 Å². The van der Waals surface area contributed by atoms with E-state index < -0.39 is 10.0 Å². The standard InChI is InChI=1S/C21H32N2O4S/c1-4-23(5-2)28(25,26)18-9-10-20(27-6-3)19(14-18)22-21(24)13-17-12-15-7-8-16(17)11-15/h9-10,14-17H,4-8,11-13H2,1-3H3,(H,22,24)/t15-,16-,17-/m1/s1. The molecule has 7 heteroatoms. The van der Waals surface area contributed by atoms with Gasteiger partial charge in [0.25, 0.3) is 0 Å². The van der Waals surface area contributed by atoms with Crippen LogP contribution in [0, 0.1) is 17.8 Å². The molecule has 28 heavy (non-hydrogen) atoms. The molecule has 0 aromatic heterocycles. The molecular weight excluding hydrogens is 376 g/mol. The van der Waals surface area contributed by atoms with E-state index in [2.05, 4.69) is 5.32 Å². The average Bonchev–Trinajstić information content (AvgIpc) is 3.27. The highest BCUT2D eigenvalue weighted by atomic mass is 32.2. The van der Waals surface area contributed by atoms with Crippen molar-refractivity contribution in [3.8, 4) is 5.75 Å². The molecule has 0 heterocycles. The molecule has 0 unspecified atom stereocenters. The van der Waals surface area contributed by atoms with E-state index in [1.807, 2.05) is 20.8 Å². The lowest BCUT2D eigenvalue weighted by Gasteiger charge is -2.22. The second kappa shape index (κ2) is 8.82. The number of nitrogens with one attached hydrogen (secondary N) is 1. The normalized spacial score (nSPS) is 23.9. The maximum Gasteiger partial charge on any atom is 0.243 e. The van der Waals surface area contributed by atoms with Crippen molar-refractivity contribution in [2.45, 2.75) is 57.8 Å². The van der Waals surface area contributed by atoms with E-state index in [0.29, 0.717) is 49.4 Å². The van der Waals surface area contributed by atoms with Crippen LogP contribution in [0.1, 0.15) is 52.9 Å². The molecule has 2 aliphatic carbocycles. The Bertz CT molecular complexity index is 805. The van der Waals surface area contributed by atoms with Gasteiger partial charge in [0, 0.05) is 19.5 Å². The van der Waals surface area contributed by atoms with Crippen LogP contribution in [-0.2, 0) is 14.8 Å². The smallest absolute Gasteiger partial charge is 0.243 e. The van der Waals surface area contributed by atoms with Crippen LogP contribution < -0.4 is 10.1 Å². The van der Waals surface area contributed by atoms with Crippen molar-refractivity contribution < 1.29 is 17.9 Å². The highest BCUT2D eigenvalue weighted by Crippen LogP contribution is 2.49. The molecule has 1 aromatic rings. The Balaban J connectivity index is 1.78. The van der Waals surface area contributed by atoms with Gasteiger partial charge in [0.05, 0.1) is 17.2 Å². The maximum absolute atomic E-state index is 12.8. The molecule has 1 amide bonds. The second-order valence-electron chi connectivity index (χ2n) is 7.87. The fourth-order valence-electron chi connectivity index (χ4n) is 4.83. The number of hydrogen-bond donors (Lipinski definition) is 1. The third-order valence-electron chi connectivity index (χ3n) is 6.20. The van der Waals surface area contributed by atoms with Crippen molar-refractivity contribution in [2.24, 2.45) is 17.8 Å². The third kappa shape index (κ3) is 4.35. The molecule has 6 nitrogen and oxygen atoms in total. The summed E-state index contributed by atoms with van der Waals surface area (Å²) in [5, 5.41) is 2.92. The summed E-state index contributed by atoms with van der Waals surface area (Å²) in [7, 11) is -3.59. The Morgan fingerprint density at radius 2 is 1.93 bits per heavy atom. The number of sulfonamides is 1. The molecule has 3 atom stereocenters. The number of hydrogen-bond acceptors (Lipinski definition) is 4. The number of fused-ring (bicyclic) bond motifs is 2. The van der Waals surface area contributed by atoms with Crippen LogP contribution in [-0.4, -0.2) is 38.3 Å². The summed E-state index contributed by atoms with van der Waals surface area (Å²) in [5.41, 5.74) is 0.434. The molecular formula is C21H32N2O4S. The topological polar surface area (TPSA) is 75.7 Å². The Morgan fingerprint density at radius 1 is 1.18 bits per heavy atom. The van der Waals surface area contributed by atoms with Gasteiger partial charge in [-0.05, 0) is 62.1 Å². The van der Waals surface area contributed by atoms with E-state index in [4.69, 9.17) is 4.74 Å². The summed E-state index contributed by atoms with van der Waals surface area (Å²) >= 11 is 0. The van der Waals surface area contributed by atoms with Crippen molar-refractivity contribution >= 4 is 21.6 Å². The zero-order chi connectivity index (χ0) is 20.3. The van der Waals surface area contributed by atoms with Gasteiger partial charge < -0.3 is 10.1 Å². The summed E-state index contributed by atoms with van der Waals surface area (Å²) in [4.78, 5) is 12.9. The average molecular weight is 409 g/mol. The first-order valence-electron chi connectivity index (χ1n) is 10.5. The number of carbonyl (C=O) groups excluding carboxylic acids is 1. The van der Waals surface area contributed by atoms with Gasteiger partial charge in [-0.25, -0.2) is 8.42 Å². The van der Waals surface area contributed by atoms with E-state index in [1.165, 1.54) is 29.6 Å². The molecule has 1 aromatic carbocycles. The van der Waals surface area contributed by atoms with Crippen LogP contribution in [0.4, 0.5) is 5.69 Å². The summed E-state index contributed by atoms with van der Waals surface area (Å²) in [6.07, 6.45) is 5.46. The van der Waals surface area contributed by atoms with Gasteiger partial charge in [0.15, 0.2) is 0 Å². The molecule has 1 N–H and O–H groups in total. The SMILES string of the molecule is CCOc1ccc(S(=O)(=O)N(CC)CC)cc1NC(=O)C[C@H]1C[C@@H]2CC[C@@H]1C2.